The molecule has 2 atom stereocenters. The highest BCUT2D eigenvalue weighted by atomic mass is 19.1. The van der Waals surface area contributed by atoms with E-state index in [2.05, 4.69) is 12.2 Å². The minimum absolute atomic E-state index is 0.161. The third kappa shape index (κ3) is 5.29. The van der Waals surface area contributed by atoms with E-state index in [-0.39, 0.29) is 17.8 Å². The number of benzene rings is 1. The first-order valence-corrected chi connectivity index (χ1v) is 8.47. The summed E-state index contributed by atoms with van der Waals surface area (Å²) in [7, 11) is 0. The van der Waals surface area contributed by atoms with Crippen molar-refractivity contribution in [2.75, 3.05) is 13.1 Å². The van der Waals surface area contributed by atoms with Gasteiger partial charge in [0, 0.05) is 31.6 Å². The second kappa shape index (κ2) is 8.41. The maximum atomic E-state index is 12.9. The number of halogens is 1. The average molecular weight is 322 g/mol. The fraction of sp³-hybridized carbons (Fsp3) is 0.611. The van der Waals surface area contributed by atoms with Crippen molar-refractivity contribution in [1.82, 2.24) is 10.2 Å². The molecule has 0 bridgehead atoms. The SMILES string of the molecule is CCC(=O)N1CCC(N[C@H](C)C[C@@H](O)c2ccc(F)cc2)CC1. The van der Waals surface area contributed by atoms with E-state index in [0.717, 1.165) is 31.5 Å². The van der Waals surface area contributed by atoms with Crippen LogP contribution in [0.4, 0.5) is 4.39 Å². The first-order valence-electron chi connectivity index (χ1n) is 8.47. The third-order valence-corrected chi connectivity index (χ3v) is 4.50. The molecule has 0 aromatic heterocycles. The second-order valence-corrected chi connectivity index (χ2v) is 6.38. The van der Waals surface area contributed by atoms with Gasteiger partial charge in [-0.15, -0.1) is 0 Å². The Morgan fingerprint density at radius 1 is 1.35 bits per heavy atom. The van der Waals surface area contributed by atoms with Crippen molar-refractivity contribution in [2.45, 2.75) is 57.7 Å². The van der Waals surface area contributed by atoms with Gasteiger partial charge in [0.1, 0.15) is 5.82 Å². The van der Waals surface area contributed by atoms with Crippen molar-refractivity contribution in [3.05, 3.63) is 35.6 Å². The Morgan fingerprint density at radius 2 is 1.96 bits per heavy atom. The highest BCUT2D eigenvalue weighted by molar-refractivity contribution is 5.75. The number of aliphatic hydroxyl groups is 1. The van der Waals surface area contributed by atoms with E-state index in [1.807, 2.05) is 11.8 Å². The Labute approximate surface area is 137 Å². The minimum atomic E-state index is -0.597. The summed E-state index contributed by atoms with van der Waals surface area (Å²) in [5.41, 5.74) is 0.739. The molecule has 2 rings (SSSR count). The van der Waals surface area contributed by atoms with E-state index in [1.54, 1.807) is 12.1 Å². The van der Waals surface area contributed by atoms with Gasteiger partial charge >= 0.3 is 0 Å². The molecule has 4 nitrogen and oxygen atoms in total. The summed E-state index contributed by atoms with van der Waals surface area (Å²) in [5, 5.41) is 13.8. The largest absolute Gasteiger partial charge is 0.388 e. The summed E-state index contributed by atoms with van der Waals surface area (Å²) in [6, 6.07) is 6.54. The topological polar surface area (TPSA) is 52.6 Å². The molecule has 1 aliphatic rings. The van der Waals surface area contributed by atoms with Gasteiger partial charge in [-0.25, -0.2) is 4.39 Å². The van der Waals surface area contributed by atoms with Crippen LogP contribution in [0.25, 0.3) is 0 Å². The predicted molar refractivity (Wildman–Crippen MR) is 88.5 cm³/mol. The maximum Gasteiger partial charge on any atom is 0.222 e. The molecule has 2 N–H and O–H groups in total. The molecule has 0 aliphatic carbocycles. The second-order valence-electron chi connectivity index (χ2n) is 6.38. The number of hydrogen-bond acceptors (Lipinski definition) is 3. The lowest BCUT2D eigenvalue weighted by Gasteiger charge is -2.34. The number of piperidine rings is 1. The van der Waals surface area contributed by atoms with Crippen LogP contribution < -0.4 is 5.32 Å². The molecule has 23 heavy (non-hydrogen) atoms. The van der Waals surface area contributed by atoms with Gasteiger partial charge in [0.2, 0.25) is 5.91 Å². The fourth-order valence-corrected chi connectivity index (χ4v) is 3.15. The Balaban J connectivity index is 1.76. The van der Waals surface area contributed by atoms with E-state index in [1.165, 1.54) is 12.1 Å². The molecular formula is C18H27FN2O2. The lowest BCUT2D eigenvalue weighted by molar-refractivity contribution is -0.131. The zero-order valence-corrected chi connectivity index (χ0v) is 14.0. The molecule has 1 heterocycles. The molecule has 0 unspecified atom stereocenters. The van der Waals surface area contributed by atoms with E-state index in [9.17, 15) is 14.3 Å². The number of nitrogens with zero attached hydrogens (tertiary/aromatic N) is 1. The number of nitrogens with one attached hydrogen (secondary N) is 1. The lowest BCUT2D eigenvalue weighted by atomic mass is 9.99. The van der Waals surface area contributed by atoms with Crippen molar-refractivity contribution in [3.8, 4) is 0 Å². The first-order chi connectivity index (χ1) is 11.0. The van der Waals surface area contributed by atoms with Gasteiger partial charge in [0.15, 0.2) is 0 Å². The number of hydrogen-bond donors (Lipinski definition) is 2. The van der Waals surface area contributed by atoms with Crippen molar-refractivity contribution < 1.29 is 14.3 Å². The Bertz CT molecular complexity index is 498. The number of amides is 1. The quantitative estimate of drug-likeness (QED) is 0.846. The van der Waals surface area contributed by atoms with Crippen LogP contribution in [-0.2, 0) is 4.79 Å². The Morgan fingerprint density at radius 3 is 2.52 bits per heavy atom. The molecule has 1 fully saturated rings. The van der Waals surface area contributed by atoms with Gasteiger partial charge in [-0.1, -0.05) is 19.1 Å². The average Bonchev–Trinajstić information content (AvgIpc) is 2.55. The standard InChI is InChI=1S/C18H27FN2O2/c1-3-18(23)21-10-8-16(9-11-21)20-13(2)12-17(22)14-4-6-15(19)7-5-14/h4-7,13,16-17,20,22H,3,8-12H2,1-2H3/t13-,17-/m1/s1. The molecule has 0 spiro atoms. The smallest absolute Gasteiger partial charge is 0.222 e. The molecule has 128 valence electrons. The summed E-state index contributed by atoms with van der Waals surface area (Å²) >= 11 is 0. The number of likely N-dealkylation sites (tertiary alicyclic amines) is 1. The predicted octanol–water partition coefficient (Wildman–Crippen LogP) is 2.63. The summed E-state index contributed by atoms with van der Waals surface area (Å²) in [4.78, 5) is 13.6. The van der Waals surface area contributed by atoms with Crippen LogP contribution >= 0.6 is 0 Å². The van der Waals surface area contributed by atoms with Crippen molar-refractivity contribution >= 4 is 5.91 Å². The van der Waals surface area contributed by atoms with Gasteiger partial charge in [-0.2, -0.15) is 0 Å². The highest BCUT2D eigenvalue weighted by Crippen LogP contribution is 2.20. The van der Waals surface area contributed by atoms with Crippen molar-refractivity contribution in [2.24, 2.45) is 0 Å². The molecular weight excluding hydrogens is 295 g/mol. The van der Waals surface area contributed by atoms with Crippen LogP contribution in [0.3, 0.4) is 0 Å². The fourth-order valence-electron chi connectivity index (χ4n) is 3.15. The summed E-state index contributed by atoms with van der Waals surface area (Å²) in [5.74, 6) is -0.0660. The molecule has 1 aromatic carbocycles. The molecule has 1 amide bonds. The van der Waals surface area contributed by atoms with Crippen molar-refractivity contribution in [3.63, 3.8) is 0 Å². The van der Waals surface area contributed by atoms with Crippen LogP contribution in [0.5, 0.6) is 0 Å². The van der Waals surface area contributed by atoms with Crippen LogP contribution in [0.15, 0.2) is 24.3 Å². The van der Waals surface area contributed by atoms with Gasteiger partial charge in [-0.3, -0.25) is 4.79 Å². The zero-order valence-electron chi connectivity index (χ0n) is 14.0. The maximum absolute atomic E-state index is 12.9. The minimum Gasteiger partial charge on any atom is -0.388 e. The Kier molecular flexibility index (Phi) is 6.54. The van der Waals surface area contributed by atoms with Crippen LogP contribution in [-0.4, -0.2) is 41.1 Å². The molecule has 1 saturated heterocycles. The summed E-state index contributed by atoms with van der Waals surface area (Å²) < 4.78 is 12.9. The van der Waals surface area contributed by atoms with Gasteiger partial charge < -0.3 is 15.3 Å². The molecule has 1 aliphatic heterocycles. The molecule has 5 heteroatoms. The summed E-state index contributed by atoms with van der Waals surface area (Å²) in [6.45, 7) is 5.55. The lowest BCUT2D eigenvalue weighted by Crippen LogP contribution is -2.47. The van der Waals surface area contributed by atoms with Crippen molar-refractivity contribution in [1.29, 1.82) is 0 Å². The van der Waals surface area contributed by atoms with E-state index < -0.39 is 6.10 Å². The van der Waals surface area contributed by atoms with Gasteiger partial charge in [-0.05, 0) is 43.9 Å². The number of carbonyl (C=O) groups excluding carboxylic acids is 1. The molecule has 0 radical (unpaired) electrons. The summed E-state index contributed by atoms with van der Waals surface area (Å²) in [6.07, 6.45) is 2.45. The zero-order chi connectivity index (χ0) is 16.8. The number of carbonyl (C=O) groups is 1. The highest BCUT2D eigenvalue weighted by Gasteiger charge is 2.23. The van der Waals surface area contributed by atoms with Crippen LogP contribution in [0, 0.1) is 5.82 Å². The van der Waals surface area contributed by atoms with Gasteiger partial charge in [0.05, 0.1) is 6.10 Å². The van der Waals surface area contributed by atoms with E-state index >= 15 is 0 Å². The first kappa shape index (κ1) is 17.9. The van der Waals surface area contributed by atoms with Crippen LogP contribution in [0.1, 0.15) is 51.2 Å². The number of aliphatic hydroxyl groups excluding tert-OH is 1. The van der Waals surface area contributed by atoms with E-state index in [0.29, 0.717) is 18.9 Å². The Hall–Kier alpha value is -1.46. The third-order valence-electron chi connectivity index (χ3n) is 4.50. The van der Waals surface area contributed by atoms with Gasteiger partial charge in [0.25, 0.3) is 0 Å². The normalized spacial score (nSPS) is 18.7. The van der Waals surface area contributed by atoms with Crippen LogP contribution in [0.2, 0.25) is 0 Å². The molecule has 0 saturated carbocycles. The number of rotatable bonds is 6. The molecule has 1 aromatic rings. The van der Waals surface area contributed by atoms with E-state index in [4.69, 9.17) is 0 Å². The monoisotopic (exact) mass is 322 g/mol.